The van der Waals surface area contributed by atoms with Gasteiger partial charge in [-0.1, -0.05) is 0 Å². The number of carbonyl (C=O) groups is 1. The largest absolute Gasteiger partial charge is 0.468 e. The van der Waals surface area contributed by atoms with E-state index in [0.717, 1.165) is 0 Å². The first-order valence-electron chi connectivity index (χ1n) is 3.59. The third-order valence-corrected chi connectivity index (χ3v) is 3.35. The molecule has 3 unspecified atom stereocenters. The normalized spacial score (nSPS) is 17.6. The minimum Gasteiger partial charge on any atom is -0.468 e. The molecule has 2 nitrogen and oxygen atoms in total. The van der Waals surface area contributed by atoms with E-state index in [1.807, 2.05) is 0 Å². The van der Waals surface area contributed by atoms with E-state index in [1.54, 1.807) is 0 Å². The summed E-state index contributed by atoms with van der Waals surface area (Å²) in [5.74, 6) is -0.286. The van der Waals surface area contributed by atoms with Gasteiger partial charge in [0.15, 0.2) is 0 Å². The first-order chi connectivity index (χ1) is 6.02. The van der Waals surface area contributed by atoms with Gasteiger partial charge in [-0.25, -0.2) is 0 Å². The Kier molecular flexibility index (Phi) is 7.33. The van der Waals surface area contributed by atoms with Crippen LogP contribution in [0.3, 0.4) is 0 Å². The van der Waals surface area contributed by atoms with Crippen LogP contribution in [0.5, 0.6) is 0 Å². The molecular weight excluding hydrogens is 258 g/mol. The van der Waals surface area contributed by atoms with Crippen LogP contribution >= 0.6 is 46.4 Å². The maximum Gasteiger partial charge on any atom is 0.323 e. The van der Waals surface area contributed by atoms with Crippen LogP contribution < -0.4 is 0 Å². The Morgan fingerprint density at radius 2 is 1.85 bits per heavy atom. The first kappa shape index (κ1) is 13.6. The predicted molar refractivity (Wildman–Crippen MR) is 56.3 cm³/mol. The van der Waals surface area contributed by atoms with Gasteiger partial charge in [-0.15, -0.1) is 46.4 Å². The topological polar surface area (TPSA) is 26.3 Å². The molecule has 0 aromatic heterocycles. The molecule has 0 rings (SSSR count). The van der Waals surface area contributed by atoms with Gasteiger partial charge < -0.3 is 4.74 Å². The van der Waals surface area contributed by atoms with E-state index in [4.69, 9.17) is 46.4 Å². The third kappa shape index (κ3) is 5.16. The lowest BCUT2D eigenvalue weighted by Crippen LogP contribution is -2.25. The maximum absolute atomic E-state index is 10.9. The number of ether oxygens (including phenoxy) is 1. The SMILES string of the molecule is COC(=O)C(Cl)CC(Cl)C(Cl)CCl. The molecule has 0 aromatic rings. The van der Waals surface area contributed by atoms with Crippen molar-refractivity contribution in [3.63, 3.8) is 0 Å². The van der Waals surface area contributed by atoms with Crippen molar-refractivity contribution in [3.8, 4) is 0 Å². The number of alkyl halides is 4. The number of rotatable bonds is 5. The Bertz CT molecular complexity index is 165. The summed E-state index contributed by atoms with van der Waals surface area (Å²) >= 11 is 22.7. The summed E-state index contributed by atoms with van der Waals surface area (Å²) in [5, 5.41) is -1.59. The van der Waals surface area contributed by atoms with E-state index in [9.17, 15) is 4.79 Å². The van der Waals surface area contributed by atoms with Crippen molar-refractivity contribution in [2.75, 3.05) is 13.0 Å². The molecule has 78 valence electrons. The Labute approximate surface area is 97.4 Å². The first-order valence-corrected chi connectivity index (χ1v) is 5.43. The summed E-state index contributed by atoms with van der Waals surface area (Å²) < 4.78 is 4.42. The standard InChI is InChI=1S/C7H10Cl4O2/c1-13-7(12)5(10)2-4(9)6(11)3-8/h4-6H,2-3H2,1H3. The zero-order valence-corrected chi connectivity index (χ0v) is 10.00. The maximum atomic E-state index is 10.9. The van der Waals surface area contributed by atoms with E-state index in [0.29, 0.717) is 0 Å². The van der Waals surface area contributed by atoms with Gasteiger partial charge in [0.2, 0.25) is 0 Å². The Balaban J connectivity index is 3.90. The van der Waals surface area contributed by atoms with Gasteiger partial charge in [-0.3, -0.25) is 4.79 Å². The number of hydrogen-bond acceptors (Lipinski definition) is 2. The van der Waals surface area contributed by atoms with Gasteiger partial charge in [0, 0.05) is 5.88 Å². The summed E-state index contributed by atoms with van der Waals surface area (Å²) in [6.07, 6.45) is 0.247. The zero-order chi connectivity index (χ0) is 10.4. The fraction of sp³-hybridized carbons (Fsp3) is 0.857. The van der Waals surface area contributed by atoms with Crippen molar-refractivity contribution in [2.45, 2.75) is 22.6 Å². The highest BCUT2D eigenvalue weighted by molar-refractivity contribution is 6.35. The summed E-state index contributed by atoms with van der Waals surface area (Å²) in [7, 11) is 1.26. The molecule has 0 radical (unpaired) electrons. The zero-order valence-electron chi connectivity index (χ0n) is 6.97. The molecule has 6 heteroatoms. The van der Waals surface area contributed by atoms with Crippen molar-refractivity contribution in [1.82, 2.24) is 0 Å². The molecule has 0 bridgehead atoms. The highest BCUT2D eigenvalue weighted by Crippen LogP contribution is 2.20. The lowest BCUT2D eigenvalue weighted by atomic mass is 10.2. The van der Waals surface area contributed by atoms with E-state index in [2.05, 4.69) is 4.74 Å². The minimum absolute atomic E-state index is 0.223. The fourth-order valence-electron chi connectivity index (χ4n) is 0.666. The van der Waals surface area contributed by atoms with Crippen LogP contribution in [-0.4, -0.2) is 35.1 Å². The van der Waals surface area contributed by atoms with Crippen molar-refractivity contribution in [1.29, 1.82) is 0 Å². The third-order valence-electron chi connectivity index (χ3n) is 1.43. The number of esters is 1. The second kappa shape index (κ2) is 6.99. The Hall–Kier alpha value is 0.630. The second-order valence-electron chi connectivity index (χ2n) is 2.41. The molecular formula is C7H10Cl4O2. The molecule has 3 atom stereocenters. The molecule has 0 aliphatic heterocycles. The van der Waals surface area contributed by atoms with Crippen LogP contribution in [0.15, 0.2) is 0 Å². The fourth-order valence-corrected chi connectivity index (χ4v) is 1.71. The van der Waals surface area contributed by atoms with Crippen LogP contribution in [0, 0.1) is 0 Å². The van der Waals surface area contributed by atoms with Crippen LogP contribution in [-0.2, 0) is 9.53 Å². The monoisotopic (exact) mass is 266 g/mol. The minimum atomic E-state index is -0.767. The molecule has 0 spiro atoms. The summed E-state index contributed by atoms with van der Waals surface area (Å²) in [5.41, 5.74) is 0. The van der Waals surface area contributed by atoms with Gasteiger partial charge in [-0.05, 0) is 6.42 Å². The van der Waals surface area contributed by atoms with Crippen LogP contribution in [0.2, 0.25) is 0 Å². The van der Waals surface area contributed by atoms with Gasteiger partial charge in [0.1, 0.15) is 5.38 Å². The van der Waals surface area contributed by atoms with Gasteiger partial charge in [0.25, 0.3) is 0 Å². The van der Waals surface area contributed by atoms with E-state index in [-0.39, 0.29) is 12.3 Å². The average molecular weight is 268 g/mol. The molecule has 13 heavy (non-hydrogen) atoms. The quantitative estimate of drug-likeness (QED) is 0.566. The van der Waals surface area contributed by atoms with Crippen LogP contribution in [0.1, 0.15) is 6.42 Å². The molecule has 0 aliphatic carbocycles. The van der Waals surface area contributed by atoms with E-state index < -0.39 is 22.1 Å². The molecule has 0 aromatic carbocycles. The Morgan fingerprint density at radius 3 is 2.23 bits per heavy atom. The van der Waals surface area contributed by atoms with Gasteiger partial charge in [0.05, 0.1) is 17.9 Å². The van der Waals surface area contributed by atoms with E-state index >= 15 is 0 Å². The highest BCUT2D eigenvalue weighted by atomic mass is 35.5. The molecule has 0 saturated heterocycles. The van der Waals surface area contributed by atoms with Crippen LogP contribution in [0.4, 0.5) is 0 Å². The molecule has 0 heterocycles. The van der Waals surface area contributed by atoms with Gasteiger partial charge in [-0.2, -0.15) is 0 Å². The summed E-state index contributed by atoms with van der Waals surface area (Å²) in [4.78, 5) is 10.9. The number of hydrogen-bond donors (Lipinski definition) is 0. The van der Waals surface area contributed by atoms with Crippen molar-refractivity contribution < 1.29 is 9.53 Å². The Morgan fingerprint density at radius 1 is 1.31 bits per heavy atom. The molecule has 0 aliphatic rings. The average Bonchev–Trinajstić information content (AvgIpc) is 2.14. The van der Waals surface area contributed by atoms with Crippen molar-refractivity contribution in [3.05, 3.63) is 0 Å². The van der Waals surface area contributed by atoms with Crippen molar-refractivity contribution >= 4 is 52.4 Å². The lowest BCUT2D eigenvalue weighted by molar-refractivity contribution is -0.140. The molecule has 0 amide bonds. The summed E-state index contributed by atoms with van der Waals surface area (Å²) in [6, 6.07) is 0. The highest BCUT2D eigenvalue weighted by Gasteiger charge is 2.24. The molecule has 0 saturated carbocycles. The smallest absolute Gasteiger partial charge is 0.323 e. The molecule has 0 N–H and O–H groups in total. The number of carbonyl (C=O) groups excluding carboxylic acids is 1. The van der Waals surface area contributed by atoms with Gasteiger partial charge >= 0.3 is 5.97 Å². The molecule has 0 fully saturated rings. The predicted octanol–water partition coefficient (Wildman–Crippen LogP) is 2.61. The van der Waals surface area contributed by atoms with E-state index in [1.165, 1.54) is 7.11 Å². The number of halogens is 4. The second-order valence-corrected chi connectivity index (χ2v) is 4.37. The van der Waals surface area contributed by atoms with Crippen molar-refractivity contribution in [2.24, 2.45) is 0 Å². The summed E-state index contributed by atoms with van der Waals surface area (Å²) in [6.45, 7) is 0. The lowest BCUT2D eigenvalue weighted by Gasteiger charge is -2.15. The number of methoxy groups -OCH3 is 1. The van der Waals surface area contributed by atoms with Crippen LogP contribution in [0.25, 0.3) is 0 Å².